The quantitative estimate of drug-likeness (QED) is 0.743. The molecule has 0 spiro atoms. The molecule has 1 aliphatic rings. The molecule has 4 heteroatoms. The molecule has 0 bridgehead atoms. The highest BCUT2D eigenvalue weighted by molar-refractivity contribution is 5.99. The van der Waals surface area contributed by atoms with Gasteiger partial charge >= 0.3 is 0 Å². The van der Waals surface area contributed by atoms with Crippen LogP contribution in [0.3, 0.4) is 0 Å². The molecule has 26 heavy (non-hydrogen) atoms. The maximum Gasteiger partial charge on any atom is 0.253 e. The molecule has 1 heterocycles. The third-order valence-corrected chi connectivity index (χ3v) is 5.00. The Kier molecular flexibility index (Phi) is 4.33. The van der Waals surface area contributed by atoms with Crippen LogP contribution in [0.25, 0.3) is 10.9 Å². The molecule has 1 aromatic heterocycles. The number of carbonyl (C=O) groups excluding carboxylic acids is 1. The lowest BCUT2D eigenvalue weighted by molar-refractivity contribution is 0.0931. The largest absolute Gasteiger partial charge is 0.497 e. The van der Waals surface area contributed by atoms with Gasteiger partial charge in [-0.1, -0.05) is 30.3 Å². The molecule has 4 rings (SSSR count). The molecular formula is C22H22N2O2. The van der Waals surface area contributed by atoms with Gasteiger partial charge in [-0.2, -0.15) is 0 Å². The number of nitrogens with one attached hydrogen (secondary N) is 1. The second-order valence-electron chi connectivity index (χ2n) is 6.88. The molecule has 0 aliphatic heterocycles. The number of ether oxygens (including phenoxy) is 1. The van der Waals surface area contributed by atoms with Crippen LogP contribution in [0.5, 0.6) is 5.75 Å². The summed E-state index contributed by atoms with van der Waals surface area (Å²) in [5.74, 6) is 1.21. The number of aromatic nitrogens is 1. The topological polar surface area (TPSA) is 51.2 Å². The first kappa shape index (κ1) is 16.6. The van der Waals surface area contributed by atoms with Crippen molar-refractivity contribution in [2.24, 2.45) is 5.92 Å². The van der Waals surface area contributed by atoms with Crippen LogP contribution in [0.2, 0.25) is 0 Å². The van der Waals surface area contributed by atoms with Gasteiger partial charge in [0, 0.05) is 5.39 Å². The van der Waals surface area contributed by atoms with E-state index in [2.05, 4.69) is 22.4 Å². The summed E-state index contributed by atoms with van der Waals surface area (Å²) in [5, 5.41) is 4.14. The molecule has 0 unspecified atom stereocenters. The zero-order valence-electron chi connectivity index (χ0n) is 15.0. The van der Waals surface area contributed by atoms with Crippen LogP contribution in [0.4, 0.5) is 0 Å². The average Bonchev–Trinajstić information content (AvgIpc) is 3.50. The standard InChI is InChI=1S/C22H22N2O2/c1-14-19(13-17-12-18(26-2)10-11-20(17)23-14)22(25)24-21(16-8-9-16)15-6-4-3-5-7-15/h3-7,10-13,16,21H,8-9H2,1-2H3,(H,24,25)/t21-/m0/s1. The van der Waals surface area contributed by atoms with Gasteiger partial charge < -0.3 is 10.1 Å². The van der Waals surface area contributed by atoms with E-state index in [1.54, 1.807) is 7.11 Å². The number of nitrogens with zero attached hydrogens (tertiary/aromatic N) is 1. The maximum atomic E-state index is 13.0. The van der Waals surface area contributed by atoms with Gasteiger partial charge in [0.15, 0.2) is 0 Å². The van der Waals surface area contributed by atoms with Gasteiger partial charge in [0.1, 0.15) is 5.75 Å². The number of hydrogen-bond acceptors (Lipinski definition) is 3. The highest BCUT2D eigenvalue weighted by Crippen LogP contribution is 2.41. The molecule has 1 amide bonds. The number of pyridine rings is 1. The molecule has 0 saturated heterocycles. The number of aryl methyl sites for hydroxylation is 1. The third kappa shape index (κ3) is 3.27. The van der Waals surface area contributed by atoms with Crippen molar-refractivity contribution in [1.29, 1.82) is 0 Å². The zero-order valence-corrected chi connectivity index (χ0v) is 15.0. The molecule has 1 aliphatic carbocycles. The third-order valence-electron chi connectivity index (χ3n) is 5.00. The van der Waals surface area contributed by atoms with Gasteiger partial charge in [-0.25, -0.2) is 0 Å². The van der Waals surface area contributed by atoms with E-state index in [4.69, 9.17) is 4.74 Å². The Balaban J connectivity index is 1.65. The van der Waals surface area contributed by atoms with Crippen LogP contribution < -0.4 is 10.1 Å². The zero-order chi connectivity index (χ0) is 18.1. The van der Waals surface area contributed by atoms with Gasteiger partial charge in [0.05, 0.1) is 29.9 Å². The number of carbonyl (C=O) groups is 1. The summed E-state index contributed by atoms with van der Waals surface area (Å²) in [5.41, 5.74) is 3.38. The minimum absolute atomic E-state index is 0.0594. The van der Waals surface area contributed by atoms with E-state index in [1.165, 1.54) is 0 Å². The van der Waals surface area contributed by atoms with Crippen molar-refractivity contribution in [1.82, 2.24) is 10.3 Å². The molecule has 2 aromatic carbocycles. The van der Waals surface area contributed by atoms with E-state index in [-0.39, 0.29) is 11.9 Å². The van der Waals surface area contributed by atoms with Crippen LogP contribution in [0.1, 0.15) is 40.5 Å². The normalized spacial score (nSPS) is 14.8. The Morgan fingerprint density at radius 1 is 1.15 bits per heavy atom. The summed E-state index contributed by atoms with van der Waals surface area (Å²) in [4.78, 5) is 17.6. The van der Waals surface area contributed by atoms with Crippen LogP contribution in [-0.2, 0) is 0 Å². The summed E-state index contributed by atoms with van der Waals surface area (Å²) in [7, 11) is 1.64. The first-order chi connectivity index (χ1) is 12.7. The first-order valence-corrected chi connectivity index (χ1v) is 8.97. The van der Waals surface area contributed by atoms with E-state index in [9.17, 15) is 4.79 Å². The minimum atomic E-state index is -0.0690. The van der Waals surface area contributed by atoms with Gasteiger partial charge in [-0.3, -0.25) is 9.78 Å². The average molecular weight is 346 g/mol. The van der Waals surface area contributed by atoms with Crippen molar-refractivity contribution >= 4 is 16.8 Å². The highest BCUT2D eigenvalue weighted by atomic mass is 16.5. The number of fused-ring (bicyclic) bond motifs is 1. The fourth-order valence-electron chi connectivity index (χ4n) is 3.39. The number of benzene rings is 2. The van der Waals surface area contributed by atoms with E-state index >= 15 is 0 Å². The van der Waals surface area contributed by atoms with Crippen molar-refractivity contribution in [3.05, 3.63) is 71.4 Å². The summed E-state index contributed by atoms with van der Waals surface area (Å²) >= 11 is 0. The van der Waals surface area contributed by atoms with Crippen molar-refractivity contribution in [2.75, 3.05) is 7.11 Å². The predicted molar refractivity (Wildman–Crippen MR) is 102 cm³/mol. The number of amides is 1. The molecule has 132 valence electrons. The van der Waals surface area contributed by atoms with Crippen LogP contribution >= 0.6 is 0 Å². The molecule has 1 atom stereocenters. The molecule has 4 nitrogen and oxygen atoms in total. The number of hydrogen-bond donors (Lipinski definition) is 1. The second kappa shape index (κ2) is 6.79. The number of methoxy groups -OCH3 is 1. The van der Waals surface area contributed by atoms with Crippen LogP contribution in [-0.4, -0.2) is 18.0 Å². The summed E-state index contributed by atoms with van der Waals surface area (Å²) in [6, 6.07) is 17.9. The van der Waals surface area contributed by atoms with Crippen LogP contribution in [0, 0.1) is 12.8 Å². The first-order valence-electron chi connectivity index (χ1n) is 8.97. The van der Waals surface area contributed by atoms with Crippen molar-refractivity contribution in [2.45, 2.75) is 25.8 Å². The molecule has 3 aromatic rings. The molecule has 1 N–H and O–H groups in total. The van der Waals surface area contributed by atoms with Crippen molar-refractivity contribution in [3.8, 4) is 5.75 Å². The van der Waals surface area contributed by atoms with E-state index in [0.29, 0.717) is 11.5 Å². The molecular weight excluding hydrogens is 324 g/mol. The minimum Gasteiger partial charge on any atom is -0.497 e. The Bertz CT molecular complexity index is 949. The molecule has 1 fully saturated rings. The maximum absolute atomic E-state index is 13.0. The number of rotatable bonds is 5. The monoisotopic (exact) mass is 346 g/mol. The lowest BCUT2D eigenvalue weighted by Crippen LogP contribution is -2.30. The lowest BCUT2D eigenvalue weighted by Gasteiger charge is -2.19. The van der Waals surface area contributed by atoms with Crippen molar-refractivity contribution < 1.29 is 9.53 Å². The van der Waals surface area contributed by atoms with Crippen LogP contribution in [0.15, 0.2) is 54.6 Å². The van der Waals surface area contributed by atoms with E-state index < -0.39 is 0 Å². The fourth-order valence-corrected chi connectivity index (χ4v) is 3.39. The summed E-state index contributed by atoms with van der Waals surface area (Å²) < 4.78 is 5.29. The molecule has 0 radical (unpaired) electrons. The fraction of sp³-hybridized carbons (Fsp3) is 0.273. The lowest BCUT2D eigenvalue weighted by atomic mass is 10.0. The van der Waals surface area contributed by atoms with E-state index in [0.717, 1.165) is 40.8 Å². The predicted octanol–water partition coefficient (Wildman–Crippen LogP) is 4.43. The van der Waals surface area contributed by atoms with Gasteiger partial charge in [-0.15, -0.1) is 0 Å². The smallest absolute Gasteiger partial charge is 0.253 e. The Labute approximate surface area is 153 Å². The Morgan fingerprint density at radius 3 is 2.62 bits per heavy atom. The molecule has 1 saturated carbocycles. The van der Waals surface area contributed by atoms with Gasteiger partial charge in [0.2, 0.25) is 0 Å². The summed E-state index contributed by atoms with van der Waals surface area (Å²) in [6.07, 6.45) is 2.32. The summed E-state index contributed by atoms with van der Waals surface area (Å²) in [6.45, 7) is 1.88. The van der Waals surface area contributed by atoms with Gasteiger partial charge in [0.25, 0.3) is 5.91 Å². The second-order valence-corrected chi connectivity index (χ2v) is 6.88. The van der Waals surface area contributed by atoms with Gasteiger partial charge in [-0.05, 0) is 55.5 Å². The Hall–Kier alpha value is -2.88. The van der Waals surface area contributed by atoms with E-state index in [1.807, 2.05) is 49.4 Å². The highest BCUT2D eigenvalue weighted by Gasteiger charge is 2.33. The SMILES string of the molecule is COc1ccc2nc(C)c(C(=O)N[C@@H](c3ccccc3)C3CC3)cc2c1. The Morgan fingerprint density at radius 2 is 1.92 bits per heavy atom. The van der Waals surface area contributed by atoms with Crippen molar-refractivity contribution in [3.63, 3.8) is 0 Å².